The standard InChI is InChI=1S/C9H12O2.C7H11NO/c1-6-4-8(10)9(11-3)5-7(6)2;1-2-7-4-3-5-8(7)6-9/h4-5,10H,1-3H3;2,6-7H,1,3-5H2. The Morgan fingerprint density at radius 1 is 1.40 bits per heavy atom. The zero-order chi connectivity index (χ0) is 15.1. The molecule has 0 bridgehead atoms. The molecule has 0 aliphatic carbocycles. The van der Waals surface area contributed by atoms with Gasteiger partial charge >= 0.3 is 0 Å². The maximum Gasteiger partial charge on any atom is 0.210 e. The van der Waals surface area contributed by atoms with Crippen molar-refractivity contribution in [3.8, 4) is 11.5 Å². The van der Waals surface area contributed by atoms with Crippen molar-refractivity contribution in [3.05, 3.63) is 35.9 Å². The van der Waals surface area contributed by atoms with E-state index in [9.17, 15) is 9.90 Å². The van der Waals surface area contributed by atoms with Crippen LogP contribution in [-0.2, 0) is 4.79 Å². The van der Waals surface area contributed by atoms with Crippen LogP contribution in [0.15, 0.2) is 24.8 Å². The molecule has 4 nitrogen and oxygen atoms in total. The summed E-state index contributed by atoms with van der Waals surface area (Å²) in [6.45, 7) is 8.48. The monoisotopic (exact) mass is 277 g/mol. The molecular formula is C16H23NO3. The number of ether oxygens (including phenoxy) is 1. The molecule has 110 valence electrons. The number of likely N-dealkylation sites (tertiary alicyclic amines) is 1. The van der Waals surface area contributed by atoms with Crippen molar-refractivity contribution in [2.24, 2.45) is 0 Å². The number of amides is 1. The van der Waals surface area contributed by atoms with E-state index in [0.29, 0.717) is 11.8 Å². The van der Waals surface area contributed by atoms with Gasteiger partial charge in [0.25, 0.3) is 0 Å². The quantitative estimate of drug-likeness (QED) is 0.682. The molecule has 1 unspecified atom stereocenters. The van der Waals surface area contributed by atoms with E-state index >= 15 is 0 Å². The molecule has 1 aromatic carbocycles. The first-order valence-electron chi connectivity index (χ1n) is 6.71. The van der Waals surface area contributed by atoms with Crippen molar-refractivity contribution in [1.82, 2.24) is 4.90 Å². The number of aromatic hydroxyl groups is 1. The lowest BCUT2D eigenvalue weighted by Crippen LogP contribution is -2.25. The minimum Gasteiger partial charge on any atom is -0.504 e. The first-order chi connectivity index (χ1) is 9.53. The topological polar surface area (TPSA) is 49.8 Å². The maximum absolute atomic E-state index is 10.3. The van der Waals surface area contributed by atoms with Gasteiger partial charge in [0, 0.05) is 12.6 Å². The minimum atomic E-state index is 0.204. The van der Waals surface area contributed by atoms with Crippen LogP contribution in [0.5, 0.6) is 11.5 Å². The van der Waals surface area contributed by atoms with Crippen LogP contribution in [0.1, 0.15) is 24.0 Å². The summed E-state index contributed by atoms with van der Waals surface area (Å²) < 4.78 is 4.93. The van der Waals surface area contributed by atoms with Crippen LogP contribution in [0.25, 0.3) is 0 Å². The Morgan fingerprint density at radius 2 is 2.05 bits per heavy atom. The second-order valence-electron chi connectivity index (χ2n) is 4.90. The van der Waals surface area contributed by atoms with Crippen LogP contribution in [0, 0.1) is 13.8 Å². The van der Waals surface area contributed by atoms with Crippen LogP contribution in [0.4, 0.5) is 0 Å². The van der Waals surface area contributed by atoms with Crippen LogP contribution >= 0.6 is 0 Å². The van der Waals surface area contributed by atoms with Gasteiger partial charge in [0.05, 0.1) is 7.11 Å². The predicted octanol–water partition coefficient (Wildman–Crippen LogP) is 2.81. The molecule has 0 aromatic heterocycles. The fourth-order valence-corrected chi connectivity index (χ4v) is 2.14. The van der Waals surface area contributed by atoms with Crippen LogP contribution in [0.2, 0.25) is 0 Å². The molecule has 1 N–H and O–H groups in total. The predicted molar refractivity (Wildman–Crippen MR) is 80.1 cm³/mol. The first-order valence-corrected chi connectivity index (χ1v) is 6.71. The first kappa shape index (κ1) is 16.1. The van der Waals surface area contributed by atoms with Crippen molar-refractivity contribution in [2.45, 2.75) is 32.7 Å². The highest BCUT2D eigenvalue weighted by Gasteiger charge is 2.18. The average molecular weight is 277 g/mol. The smallest absolute Gasteiger partial charge is 0.210 e. The number of nitrogens with zero attached hydrogens (tertiary/aromatic N) is 1. The SMILES string of the molecule is C=CC1CCCN1C=O.COc1cc(C)c(C)cc1O. The molecule has 0 radical (unpaired) electrons. The Kier molecular flexibility index (Phi) is 6.10. The zero-order valence-electron chi connectivity index (χ0n) is 12.4. The van der Waals surface area contributed by atoms with E-state index in [1.807, 2.05) is 26.0 Å². The van der Waals surface area contributed by atoms with Crippen molar-refractivity contribution < 1.29 is 14.6 Å². The zero-order valence-corrected chi connectivity index (χ0v) is 12.4. The summed E-state index contributed by atoms with van der Waals surface area (Å²) in [7, 11) is 1.55. The molecule has 1 aliphatic heterocycles. The van der Waals surface area contributed by atoms with Crippen molar-refractivity contribution >= 4 is 6.41 Å². The Morgan fingerprint density at radius 3 is 2.55 bits per heavy atom. The normalized spacial score (nSPS) is 17.1. The highest BCUT2D eigenvalue weighted by Crippen LogP contribution is 2.28. The molecule has 1 aromatic rings. The van der Waals surface area contributed by atoms with Crippen molar-refractivity contribution in [2.75, 3.05) is 13.7 Å². The fourth-order valence-electron chi connectivity index (χ4n) is 2.14. The number of hydrogen-bond donors (Lipinski definition) is 1. The largest absolute Gasteiger partial charge is 0.504 e. The number of carbonyl (C=O) groups is 1. The molecule has 20 heavy (non-hydrogen) atoms. The molecule has 4 heteroatoms. The van der Waals surface area contributed by atoms with Gasteiger partial charge in [0.15, 0.2) is 11.5 Å². The summed E-state index contributed by atoms with van der Waals surface area (Å²) in [6.07, 6.45) is 4.94. The van der Waals surface area contributed by atoms with E-state index in [1.165, 1.54) is 0 Å². The van der Waals surface area contributed by atoms with Gasteiger partial charge in [0.2, 0.25) is 6.41 Å². The number of hydrogen-bond acceptors (Lipinski definition) is 3. The van der Waals surface area contributed by atoms with Crippen molar-refractivity contribution in [1.29, 1.82) is 0 Å². The second kappa shape index (κ2) is 7.58. The van der Waals surface area contributed by atoms with Gasteiger partial charge in [-0.3, -0.25) is 4.79 Å². The Balaban J connectivity index is 0.000000204. The van der Waals surface area contributed by atoms with E-state index in [4.69, 9.17) is 4.74 Å². The number of carbonyl (C=O) groups excluding carboxylic acids is 1. The Labute approximate surface area is 120 Å². The van der Waals surface area contributed by atoms with Gasteiger partial charge in [-0.1, -0.05) is 6.08 Å². The van der Waals surface area contributed by atoms with Crippen LogP contribution in [0.3, 0.4) is 0 Å². The molecule has 1 heterocycles. The third-order valence-corrected chi connectivity index (χ3v) is 3.54. The molecule has 1 amide bonds. The molecule has 1 saturated heterocycles. The van der Waals surface area contributed by atoms with Gasteiger partial charge in [0.1, 0.15) is 0 Å². The molecule has 0 spiro atoms. The lowest BCUT2D eigenvalue weighted by atomic mass is 10.1. The van der Waals surface area contributed by atoms with E-state index in [2.05, 4.69) is 6.58 Å². The molecular weight excluding hydrogens is 254 g/mol. The molecule has 1 aliphatic rings. The van der Waals surface area contributed by atoms with E-state index in [0.717, 1.165) is 36.9 Å². The fraction of sp³-hybridized carbons (Fsp3) is 0.438. The van der Waals surface area contributed by atoms with Gasteiger partial charge in [-0.05, 0) is 49.9 Å². The van der Waals surface area contributed by atoms with Gasteiger partial charge in [-0.25, -0.2) is 0 Å². The van der Waals surface area contributed by atoms with Gasteiger partial charge < -0.3 is 14.7 Å². The summed E-state index contributed by atoms with van der Waals surface area (Å²) in [5.41, 5.74) is 2.20. The van der Waals surface area contributed by atoms with Gasteiger partial charge in [-0.2, -0.15) is 0 Å². The summed E-state index contributed by atoms with van der Waals surface area (Å²) >= 11 is 0. The summed E-state index contributed by atoms with van der Waals surface area (Å²) in [5, 5.41) is 9.29. The number of rotatable bonds is 3. The van der Waals surface area contributed by atoms with E-state index in [1.54, 1.807) is 18.1 Å². The number of aryl methyl sites for hydroxylation is 2. The second-order valence-corrected chi connectivity index (χ2v) is 4.90. The number of phenols is 1. The third-order valence-electron chi connectivity index (χ3n) is 3.54. The van der Waals surface area contributed by atoms with E-state index < -0.39 is 0 Å². The summed E-state index contributed by atoms with van der Waals surface area (Å²) in [6, 6.07) is 3.83. The Bertz CT molecular complexity index is 457. The minimum absolute atomic E-state index is 0.204. The molecule has 1 fully saturated rings. The number of phenolic OH excluding ortho intramolecular Hbond substituents is 1. The third kappa shape index (κ3) is 4.02. The average Bonchev–Trinajstić information content (AvgIpc) is 2.91. The van der Waals surface area contributed by atoms with E-state index in [-0.39, 0.29) is 5.75 Å². The molecule has 1 atom stereocenters. The van der Waals surface area contributed by atoms with Crippen molar-refractivity contribution in [3.63, 3.8) is 0 Å². The summed E-state index contributed by atoms with van der Waals surface area (Å²) in [4.78, 5) is 12.0. The Hall–Kier alpha value is -1.97. The maximum atomic E-state index is 10.3. The molecule has 0 saturated carbocycles. The summed E-state index contributed by atoms with van der Waals surface area (Å²) in [5.74, 6) is 0.740. The van der Waals surface area contributed by atoms with Gasteiger partial charge in [-0.15, -0.1) is 6.58 Å². The lowest BCUT2D eigenvalue weighted by Gasteiger charge is -2.14. The lowest BCUT2D eigenvalue weighted by molar-refractivity contribution is -0.118. The van der Waals surface area contributed by atoms with Crippen LogP contribution < -0.4 is 4.74 Å². The highest BCUT2D eigenvalue weighted by atomic mass is 16.5. The van der Waals surface area contributed by atoms with Crippen LogP contribution in [-0.4, -0.2) is 36.1 Å². The molecule has 2 rings (SSSR count). The number of benzene rings is 1. The highest BCUT2D eigenvalue weighted by molar-refractivity contribution is 5.49. The number of methoxy groups -OCH3 is 1.